The van der Waals surface area contributed by atoms with Gasteiger partial charge in [-0.1, -0.05) is 20.8 Å². The molecule has 0 aliphatic carbocycles. The van der Waals surface area contributed by atoms with Crippen LogP contribution in [0.1, 0.15) is 27.7 Å². The summed E-state index contributed by atoms with van der Waals surface area (Å²) in [4.78, 5) is 14.1. The van der Waals surface area contributed by atoms with E-state index in [1.165, 1.54) is 5.01 Å². The Labute approximate surface area is 119 Å². The van der Waals surface area contributed by atoms with Gasteiger partial charge in [0.15, 0.2) is 5.88 Å². The first kappa shape index (κ1) is 14.4. The van der Waals surface area contributed by atoms with Crippen molar-refractivity contribution in [3.63, 3.8) is 0 Å². The molecule has 0 saturated carbocycles. The number of carbonyl (C=O) groups is 1. The number of likely N-dealkylation sites (N-methyl/N-ethyl adjacent to an activating group) is 1. The molecule has 0 aromatic carbocycles. The number of hydrogen-bond acceptors (Lipinski definition) is 4. The molecule has 0 fully saturated rings. The van der Waals surface area contributed by atoms with Crippen molar-refractivity contribution in [3.05, 3.63) is 35.6 Å². The Balaban J connectivity index is 2.32. The molecule has 0 bridgehead atoms. The van der Waals surface area contributed by atoms with E-state index in [1.54, 1.807) is 25.5 Å². The van der Waals surface area contributed by atoms with Gasteiger partial charge in [-0.05, 0) is 19.1 Å². The molecule has 2 aliphatic rings. The smallest absolute Gasteiger partial charge is 0.275 e. The van der Waals surface area contributed by atoms with Crippen LogP contribution in [0, 0.1) is 5.41 Å². The summed E-state index contributed by atoms with van der Waals surface area (Å²) in [5.74, 6) is 0.614. The fraction of sp³-hybridized carbons (Fsp3) is 0.467. The lowest BCUT2D eigenvalue weighted by Gasteiger charge is -2.17. The number of hydrogen-bond donors (Lipinski definition) is 0. The lowest BCUT2D eigenvalue weighted by atomic mass is 9.85. The predicted octanol–water partition coefficient (Wildman–Crippen LogP) is 2.45. The van der Waals surface area contributed by atoms with E-state index in [4.69, 9.17) is 4.74 Å². The van der Waals surface area contributed by atoms with Crippen LogP contribution < -0.4 is 0 Å². The van der Waals surface area contributed by atoms with Crippen molar-refractivity contribution < 1.29 is 9.53 Å². The highest BCUT2D eigenvalue weighted by Gasteiger charge is 2.34. The minimum Gasteiger partial charge on any atom is -0.447 e. The van der Waals surface area contributed by atoms with Crippen LogP contribution in [0.2, 0.25) is 0 Å². The molecular formula is C15H21N3O2. The highest BCUT2D eigenvalue weighted by Crippen LogP contribution is 2.28. The summed E-state index contributed by atoms with van der Waals surface area (Å²) in [5.41, 5.74) is 2.26. The Morgan fingerprint density at radius 2 is 1.90 bits per heavy atom. The summed E-state index contributed by atoms with van der Waals surface area (Å²) < 4.78 is 5.44. The van der Waals surface area contributed by atoms with Crippen molar-refractivity contribution in [3.8, 4) is 0 Å². The van der Waals surface area contributed by atoms with Crippen LogP contribution in [-0.4, -0.2) is 35.6 Å². The van der Waals surface area contributed by atoms with Crippen LogP contribution in [-0.2, 0) is 9.53 Å². The van der Waals surface area contributed by atoms with Crippen LogP contribution in [0.3, 0.4) is 0 Å². The van der Waals surface area contributed by atoms with Gasteiger partial charge in [0.05, 0.1) is 17.0 Å². The first-order valence-corrected chi connectivity index (χ1v) is 6.58. The van der Waals surface area contributed by atoms with E-state index < -0.39 is 0 Å². The summed E-state index contributed by atoms with van der Waals surface area (Å²) in [6.07, 6.45) is 5.28. The SMILES string of the molecule is CC1=CO/C(=C/C=C2/C(=O)N(C)N=C2C(C)(C)C)N1C. The van der Waals surface area contributed by atoms with Crippen molar-refractivity contribution in [1.82, 2.24) is 9.91 Å². The number of ether oxygens (including phenoxy) is 1. The number of allylic oxidation sites excluding steroid dienone is 3. The summed E-state index contributed by atoms with van der Waals surface area (Å²) in [7, 11) is 3.59. The Kier molecular flexibility index (Phi) is 3.46. The van der Waals surface area contributed by atoms with Gasteiger partial charge in [-0.15, -0.1) is 0 Å². The van der Waals surface area contributed by atoms with Crippen LogP contribution in [0.15, 0.2) is 40.7 Å². The summed E-state index contributed by atoms with van der Waals surface area (Å²) in [5, 5.41) is 5.72. The standard InChI is InChI=1S/C15H21N3O2/c1-10-9-20-12(17(10)5)8-7-11-13(15(2,3)4)16-18(6)14(11)19/h7-9H,1-6H3/b11-7+,12-8+. The zero-order chi connectivity index (χ0) is 15.1. The summed E-state index contributed by atoms with van der Waals surface area (Å²) in [6.45, 7) is 8.10. The number of hydrazone groups is 1. The van der Waals surface area contributed by atoms with E-state index in [2.05, 4.69) is 5.10 Å². The van der Waals surface area contributed by atoms with Gasteiger partial charge in [0.1, 0.15) is 6.26 Å². The van der Waals surface area contributed by atoms with E-state index >= 15 is 0 Å². The van der Waals surface area contributed by atoms with Gasteiger partial charge in [0, 0.05) is 19.5 Å². The van der Waals surface area contributed by atoms with E-state index in [1.807, 2.05) is 39.6 Å². The fourth-order valence-electron chi connectivity index (χ4n) is 2.01. The molecule has 20 heavy (non-hydrogen) atoms. The maximum Gasteiger partial charge on any atom is 0.275 e. The summed E-state index contributed by atoms with van der Waals surface area (Å²) in [6, 6.07) is 0. The molecule has 0 N–H and O–H groups in total. The van der Waals surface area contributed by atoms with Gasteiger partial charge >= 0.3 is 0 Å². The Morgan fingerprint density at radius 3 is 2.40 bits per heavy atom. The Morgan fingerprint density at radius 1 is 1.25 bits per heavy atom. The van der Waals surface area contributed by atoms with E-state index in [-0.39, 0.29) is 11.3 Å². The number of carbonyl (C=O) groups excluding carboxylic acids is 1. The average molecular weight is 275 g/mol. The highest BCUT2D eigenvalue weighted by molar-refractivity contribution is 6.26. The van der Waals surface area contributed by atoms with E-state index in [0.717, 1.165) is 11.4 Å². The first-order valence-electron chi connectivity index (χ1n) is 6.58. The quantitative estimate of drug-likeness (QED) is 0.690. The zero-order valence-electron chi connectivity index (χ0n) is 12.9. The van der Waals surface area contributed by atoms with Gasteiger partial charge in [0.2, 0.25) is 0 Å². The Hall–Kier alpha value is -2.04. The molecule has 5 nitrogen and oxygen atoms in total. The van der Waals surface area contributed by atoms with Gasteiger partial charge in [-0.2, -0.15) is 5.10 Å². The zero-order valence-corrected chi connectivity index (χ0v) is 12.9. The topological polar surface area (TPSA) is 45.1 Å². The molecule has 2 rings (SSSR count). The molecular weight excluding hydrogens is 254 g/mol. The van der Waals surface area contributed by atoms with Crippen molar-refractivity contribution in [2.75, 3.05) is 14.1 Å². The maximum atomic E-state index is 12.2. The van der Waals surface area contributed by atoms with Crippen molar-refractivity contribution in [1.29, 1.82) is 0 Å². The lowest BCUT2D eigenvalue weighted by Crippen LogP contribution is -2.23. The molecule has 0 aromatic rings. The minimum atomic E-state index is -0.179. The lowest BCUT2D eigenvalue weighted by molar-refractivity contribution is -0.124. The van der Waals surface area contributed by atoms with Crippen molar-refractivity contribution >= 4 is 11.6 Å². The number of rotatable bonds is 1. The van der Waals surface area contributed by atoms with E-state index in [9.17, 15) is 4.79 Å². The van der Waals surface area contributed by atoms with Crippen LogP contribution >= 0.6 is 0 Å². The van der Waals surface area contributed by atoms with Gasteiger partial charge in [0.25, 0.3) is 5.91 Å². The molecule has 2 heterocycles. The van der Waals surface area contributed by atoms with Crippen molar-refractivity contribution in [2.45, 2.75) is 27.7 Å². The average Bonchev–Trinajstić information content (AvgIpc) is 2.81. The monoisotopic (exact) mass is 275 g/mol. The third-order valence-electron chi connectivity index (χ3n) is 3.34. The maximum absolute atomic E-state index is 12.2. The normalized spacial score (nSPS) is 23.6. The molecule has 0 saturated heterocycles. The second kappa shape index (κ2) is 4.81. The number of amides is 1. The van der Waals surface area contributed by atoms with Crippen LogP contribution in [0.5, 0.6) is 0 Å². The molecule has 0 spiro atoms. The van der Waals surface area contributed by atoms with Crippen LogP contribution in [0.25, 0.3) is 0 Å². The molecule has 5 heteroatoms. The third kappa shape index (κ3) is 2.48. The molecule has 1 amide bonds. The van der Waals surface area contributed by atoms with Gasteiger partial charge in [-0.25, -0.2) is 5.01 Å². The minimum absolute atomic E-state index is 0.0860. The van der Waals surface area contributed by atoms with Crippen LogP contribution in [0.4, 0.5) is 0 Å². The molecule has 2 aliphatic heterocycles. The van der Waals surface area contributed by atoms with Gasteiger partial charge < -0.3 is 9.64 Å². The molecule has 0 unspecified atom stereocenters. The number of nitrogens with zero attached hydrogens (tertiary/aromatic N) is 3. The molecule has 0 atom stereocenters. The first-order chi connectivity index (χ1) is 9.21. The van der Waals surface area contributed by atoms with Gasteiger partial charge in [-0.3, -0.25) is 4.79 Å². The second-order valence-corrected chi connectivity index (χ2v) is 6.05. The summed E-state index contributed by atoms with van der Waals surface area (Å²) >= 11 is 0. The second-order valence-electron chi connectivity index (χ2n) is 6.05. The van der Waals surface area contributed by atoms with Crippen molar-refractivity contribution in [2.24, 2.45) is 10.5 Å². The third-order valence-corrected chi connectivity index (χ3v) is 3.34. The van der Waals surface area contributed by atoms with E-state index in [0.29, 0.717) is 11.5 Å². The Bertz CT molecular complexity index is 562. The highest BCUT2D eigenvalue weighted by atomic mass is 16.5. The largest absolute Gasteiger partial charge is 0.447 e. The predicted molar refractivity (Wildman–Crippen MR) is 78.4 cm³/mol. The molecule has 0 radical (unpaired) electrons. The fourth-order valence-corrected chi connectivity index (χ4v) is 2.01. The molecule has 108 valence electrons. The molecule has 0 aromatic heterocycles.